The van der Waals surface area contributed by atoms with Crippen molar-refractivity contribution in [3.05, 3.63) is 334 Å². The van der Waals surface area contributed by atoms with E-state index in [-0.39, 0.29) is 134 Å². The number of aromatic amines is 3. The van der Waals surface area contributed by atoms with Gasteiger partial charge in [0.05, 0.1) is 12.1 Å². The van der Waals surface area contributed by atoms with Crippen molar-refractivity contribution in [1.82, 2.24) is 77.5 Å². The van der Waals surface area contributed by atoms with Crippen molar-refractivity contribution in [2.45, 2.75) is 175 Å². The Morgan fingerprint density at radius 2 is 0.537 bits per heavy atom. The average Bonchev–Trinajstić information content (AvgIpc) is 1.61. The van der Waals surface area contributed by atoms with Crippen LogP contribution in [0.2, 0.25) is 0 Å². The van der Waals surface area contributed by atoms with Crippen LogP contribution in [0.15, 0.2) is 278 Å². The fourth-order valence-electron chi connectivity index (χ4n) is 18.7. The van der Waals surface area contributed by atoms with E-state index in [1.807, 2.05) is 267 Å². The van der Waals surface area contributed by atoms with E-state index in [1.165, 1.54) is 14.7 Å². The maximum Gasteiger partial charge on any atom is 0.246 e. The average molecular weight is 1950 g/mol. The second kappa shape index (κ2) is 45.3. The Morgan fingerprint density at radius 3 is 0.838 bits per heavy atom. The van der Waals surface area contributed by atoms with Crippen LogP contribution >= 0.6 is 24.0 Å². The number of fused-ring (bicyclic) bond motifs is 6. The third-order valence-electron chi connectivity index (χ3n) is 25.5. The fourth-order valence-corrected chi connectivity index (χ4v) is 18.7. The van der Waals surface area contributed by atoms with Gasteiger partial charge in [-0.2, -0.15) is 0 Å². The van der Waals surface area contributed by atoms with E-state index in [1.54, 1.807) is 6.20 Å². The van der Waals surface area contributed by atoms with Gasteiger partial charge in [-0.3, -0.25) is 57.5 Å². The maximum absolute atomic E-state index is 14.2. The van der Waals surface area contributed by atoms with Gasteiger partial charge in [-0.25, -0.2) is 0 Å². The molecule has 136 heavy (non-hydrogen) atoms. The lowest BCUT2D eigenvalue weighted by Gasteiger charge is -2.32. The zero-order chi connectivity index (χ0) is 93.3. The van der Waals surface area contributed by atoms with Gasteiger partial charge in [-0.1, -0.05) is 249 Å². The molecule has 12 amide bonds. The van der Waals surface area contributed by atoms with Crippen molar-refractivity contribution in [3.63, 3.8) is 0 Å². The molecule has 33 heteroatoms. The number of hydrogen-bond donors (Lipinski definition) is 14. The van der Waals surface area contributed by atoms with Crippen LogP contribution in [0.3, 0.4) is 0 Å². The Morgan fingerprint density at radius 1 is 0.301 bits per heavy atom. The number of nitrogens with zero attached hydrogens (tertiary/aromatic N) is 6. The van der Waals surface area contributed by atoms with Crippen molar-refractivity contribution < 1.29 is 62.6 Å². The zero-order valence-corrected chi connectivity index (χ0v) is 76.1. The highest BCUT2D eigenvalue weighted by Crippen LogP contribution is 2.30. The molecule has 15 N–H and O–H groups in total. The SMILES string of the molecule is C.I.N[C@@H]1C[C@@H]2C(=O)N[C@@H](Cc3ccccc3)C(=O)N[C@H](Cc3c[nH]c4ccccc34)C(=O)N[C@@H](Cc3ccccc3)C(=O)N2C1.O=C1N[C@H](Cc2c[nH]c3ccccc23)C(=O)N[C@@H](Cc2ccccc2)C(=O)N2C[C@H](O)C[C@@H]2C(=O)N[C@H]1Cc1ccccc1.[N-]=[N+]=N[C@@H]1C[C@@H]2C(=O)N[C@@H](Cc3ccccc3)C(=O)N[C@H](Cc3c[nH]c4ccccc34)C(=O)N[C@@H](Cc3ccccc3)C(=O)N2C1. The molecule has 9 aromatic carbocycles. The van der Waals surface area contributed by atoms with Crippen LogP contribution in [0.4, 0.5) is 0 Å². The Balaban J connectivity index is 0.000000162. The van der Waals surface area contributed by atoms with Crippen molar-refractivity contribution in [3.8, 4) is 0 Å². The molecular weight excluding hydrogens is 1840 g/mol. The van der Waals surface area contributed by atoms with Crippen molar-refractivity contribution in [2.24, 2.45) is 10.8 Å². The van der Waals surface area contributed by atoms with Gasteiger partial charge in [0, 0.05) is 146 Å². The molecule has 702 valence electrons. The number of amides is 12. The predicted octanol–water partition coefficient (Wildman–Crippen LogP) is 7.42. The molecule has 6 saturated heterocycles. The number of azide groups is 1. The Kier molecular flexibility index (Phi) is 32.4. The molecule has 15 atom stereocenters. The molecule has 32 nitrogen and oxygen atoms in total. The first kappa shape index (κ1) is 97.2. The highest BCUT2D eigenvalue weighted by molar-refractivity contribution is 14.0. The lowest BCUT2D eigenvalue weighted by Crippen LogP contribution is -2.62. The smallest absolute Gasteiger partial charge is 0.246 e. The summed E-state index contributed by atoms with van der Waals surface area (Å²) in [4.78, 5) is 184. The molecule has 6 aliphatic rings. The Bertz CT molecular complexity index is 6060. The number of nitrogens with two attached hydrogens (primary N) is 1. The summed E-state index contributed by atoms with van der Waals surface area (Å²) in [6.07, 6.45) is 6.50. The zero-order valence-electron chi connectivity index (χ0n) is 73.8. The van der Waals surface area contributed by atoms with Gasteiger partial charge in [0.25, 0.3) is 0 Å². The van der Waals surface area contributed by atoms with Crippen LogP contribution in [-0.4, -0.2) is 216 Å². The summed E-state index contributed by atoms with van der Waals surface area (Å²) >= 11 is 0. The van der Waals surface area contributed by atoms with Crippen LogP contribution in [0, 0.1) is 0 Å². The molecule has 0 unspecified atom stereocenters. The van der Waals surface area contributed by atoms with Gasteiger partial charge in [-0.15, -0.1) is 24.0 Å². The third-order valence-corrected chi connectivity index (χ3v) is 25.5. The van der Waals surface area contributed by atoms with E-state index in [9.17, 15) is 62.6 Å². The standard InChI is InChI=1S/C34H34N8O4.C34H36N6O4.C34H35N5O5.CH4.HI/c35-41-40-24-18-30-33(45)38-27(15-21-9-3-1-4-10-21)31(43)37-28(17-23-19-36-26-14-8-7-13-25(23)26)32(44)39-29(34(46)42(30)20-24)16-22-11-5-2-6-12-22;35-24-18-30-33(43)38-27(15-21-9-3-1-4-10-21)31(41)37-28(17-23-19-36-26-14-8-7-13-25(23)26)32(42)39-29(34(44)40(30)20-24)16-22-11-5-2-6-12-22;40-24-18-30-33(43)37-27(15-21-9-3-1-4-10-21)31(41)36-28(17-23-19-35-26-14-8-7-13-25(23)26)32(42)38-29(34(44)39(30)20-24)16-22-11-5-2-6-12-22;;/h1-14,19,24,27-30,36H,15-18,20H2,(H,37,43)(H,38,45)(H,39,44);1-14,19,24,27-30,36H,15-18,20,35H2,(H,37,41)(H,38,43)(H,39,42);1-14,19,24,27-30,35,40H,15-18,20H2,(H,36,41)(H,37,43)(H,38,42);1H4;1H/t3*24-,27+,28-,29+,30-;;/m111../s1. The number of aromatic nitrogens is 3. The Labute approximate surface area is 802 Å². The van der Waals surface area contributed by atoms with E-state index >= 15 is 0 Å². The van der Waals surface area contributed by atoms with Crippen LogP contribution in [0.25, 0.3) is 43.2 Å². The monoisotopic (exact) mass is 1950 g/mol. The molecular formula is C103H110IN19O13. The third kappa shape index (κ3) is 23.9. The van der Waals surface area contributed by atoms with E-state index in [0.29, 0.717) is 0 Å². The number of para-hydroxylation sites is 3. The minimum Gasteiger partial charge on any atom is -0.391 e. The molecule has 0 radical (unpaired) electrons. The highest BCUT2D eigenvalue weighted by Gasteiger charge is 2.48. The minimum atomic E-state index is -1.06. The van der Waals surface area contributed by atoms with Crippen molar-refractivity contribution in [2.75, 3.05) is 19.6 Å². The summed E-state index contributed by atoms with van der Waals surface area (Å²) in [6.45, 7) is 0.134. The van der Waals surface area contributed by atoms with E-state index < -0.39 is 156 Å². The second-order valence-electron chi connectivity index (χ2n) is 34.9. The maximum atomic E-state index is 14.2. The number of H-pyrrole nitrogens is 3. The van der Waals surface area contributed by atoms with Gasteiger partial charge >= 0.3 is 0 Å². The van der Waals surface area contributed by atoms with Gasteiger partial charge in [0.2, 0.25) is 70.9 Å². The molecule has 12 aromatic rings. The quantitative estimate of drug-likeness (QED) is 0.0162. The first-order chi connectivity index (χ1) is 65.1. The number of nitrogens with one attached hydrogen (secondary N) is 12. The first-order valence-corrected chi connectivity index (χ1v) is 45.1. The first-order valence-electron chi connectivity index (χ1n) is 45.1. The van der Waals surface area contributed by atoms with Crippen LogP contribution in [0.5, 0.6) is 0 Å². The van der Waals surface area contributed by atoms with Gasteiger partial charge < -0.3 is 88.3 Å². The predicted molar refractivity (Wildman–Crippen MR) is 524 cm³/mol. The number of rotatable bonds is 19. The molecule has 0 bridgehead atoms. The van der Waals surface area contributed by atoms with Gasteiger partial charge in [0.15, 0.2) is 0 Å². The van der Waals surface area contributed by atoms with Crippen LogP contribution in [-0.2, 0) is 115 Å². The summed E-state index contributed by atoms with van der Waals surface area (Å²) in [6, 6.07) is 65.7. The van der Waals surface area contributed by atoms with E-state index in [2.05, 4.69) is 72.8 Å². The molecule has 0 aliphatic carbocycles. The van der Waals surface area contributed by atoms with Crippen LogP contribution in [0.1, 0.15) is 76.8 Å². The lowest BCUT2D eigenvalue weighted by atomic mass is 9.99. The summed E-state index contributed by atoms with van der Waals surface area (Å²) in [5.41, 5.74) is 25.5. The number of carbonyl (C=O) groups excluding carboxylic acids is 12. The lowest BCUT2D eigenvalue weighted by molar-refractivity contribution is -0.143. The van der Waals surface area contributed by atoms with E-state index in [0.717, 1.165) is 82.8 Å². The second-order valence-corrected chi connectivity index (χ2v) is 34.9. The summed E-state index contributed by atoms with van der Waals surface area (Å²) < 4.78 is 0. The number of benzene rings is 9. The molecule has 0 saturated carbocycles. The number of aliphatic hydroxyl groups is 1. The number of hydrogen-bond acceptors (Lipinski definition) is 15. The number of carbonyl (C=O) groups is 12. The summed E-state index contributed by atoms with van der Waals surface area (Å²) in [7, 11) is 0. The van der Waals surface area contributed by atoms with Crippen molar-refractivity contribution >= 4 is 128 Å². The van der Waals surface area contributed by atoms with Gasteiger partial charge in [-0.05, 0) is 86.6 Å². The largest absolute Gasteiger partial charge is 0.391 e. The molecule has 9 heterocycles. The molecule has 0 spiro atoms. The minimum absolute atomic E-state index is 0. The summed E-state index contributed by atoms with van der Waals surface area (Å²) in [5, 5.41) is 43.2. The molecule has 6 fully saturated rings. The molecule has 3 aromatic heterocycles. The summed E-state index contributed by atoms with van der Waals surface area (Å²) in [5.74, 6) is -5.86. The van der Waals surface area contributed by atoms with Gasteiger partial charge in [0.1, 0.15) is 72.5 Å². The normalized spacial score (nSPS) is 23.9. The molecule has 18 rings (SSSR count). The Hall–Kier alpha value is -14.8. The van der Waals surface area contributed by atoms with Crippen molar-refractivity contribution in [1.29, 1.82) is 0 Å². The van der Waals surface area contributed by atoms with E-state index in [4.69, 9.17) is 11.3 Å². The highest BCUT2D eigenvalue weighted by atomic mass is 127. The topological polar surface area (TPSA) is 465 Å². The number of aliphatic hydroxyl groups excluding tert-OH is 1. The van der Waals surface area contributed by atoms with Crippen LogP contribution < -0.4 is 53.6 Å². The fraction of sp³-hybridized carbons (Fsp3) is 0.301. The number of halogens is 1. The molecule has 6 aliphatic heterocycles.